The van der Waals surface area contributed by atoms with Gasteiger partial charge in [-0.25, -0.2) is 0 Å². The second-order valence-electron chi connectivity index (χ2n) is 9.60. The van der Waals surface area contributed by atoms with Gasteiger partial charge >= 0.3 is 0 Å². The quantitative estimate of drug-likeness (QED) is 0.487. The second kappa shape index (κ2) is 9.55. The van der Waals surface area contributed by atoms with Crippen LogP contribution in [0.3, 0.4) is 0 Å². The summed E-state index contributed by atoms with van der Waals surface area (Å²) in [6, 6.07) is 12.8. The van der Waals surface area contributed by atoms with E-state index in [1.165, 1.54) is 12.8 Å². The van der Waals surface area contributed by atoms with Gasteiger partial charge in [-0.2, -0.15) is 0 Å². The first-order valence-electron chi connectivity index (χ1n) is 12.3. The molecule has 0 N–H and O–H groups in total. The van der Waals surface area contributed by atoms with E-state index in [0.717, 1.165) is 54.7 Å². The van der Waals surface area contributed by atoms with E-state index in [1.54, 1.807) is 0 Å². The van der Waals surface area contributed by atoms with Gasteiger partial charge in [0.1, 0.15) is 17.6 Å². The molecule has 3 aliphatic heterocycles. The van der Waals surface area contributed by atoms with Crippen molar-refractivity contribution in [3.63, 3.8) is 0 Å². The average molecular weight is 469 g/mol. The van der Waals surface area contributed by atoms with Crippen LogP contribution in [0.2, 0.25) is 5.02 Å². The Morgan fingerprint density at radius 3 is 2.61 bits per heavy atom. The SMILES string of the molecule is CCCCOc1ccc2c(c1)CCN(c1ccc(O[C@@H]3C[C@H]4CC[C@@H](C3)N4C)c(Cl)c1)C2=O. The molecule has 3 atom stereocenters. The third-order valence-electron chi connectivity index (χ3n) is 7.50. The number of amides is 1. The smallest absolute Gasteiger partial charge is 0.258 e. The van der Waals surface area contributed by atoms with Gasteiger partial charge in [0.25, 0.3) is 5.91 Å². The van der Waals surface area contributed by atoms with E-state index in [1.807, 2.05) is 41.3 Å². The molecule has 2 aromatic carbocycles. The minimum absolute atomic E-state index is 0.00739. The molecule has 0 aliphatic carbocycles. The second-order valence-corrected chi connectivity index (χ2v) is 10.0. The number of hydrogen-bond donors (Lipinski definition) is 0. The van der Waals surface area contributed by atoms with Gasteiger partial charge in [0.15, 0.2) is 0 Å². The number of hydrogen-bond acceptors (Lipinski definition) is 4. The molecule has 2 saturated heterocycles. The zero-order valence-electron chi connectivity index (χ0n) is 19.6. The molecule has 0 radical (unpaired) electrons. The largest absolute Gasteiger partial charge is 0.494 e. The summed E-state index contributed by atoms with van der Waals surface area (Å²) in [6.07, 6.45) is 7.76. The maximum atomic E-state index is 13.2. The molecule has 0 aromatic heterocycles. The van der Waals surface area contributed by atoms with Gasteiger partial charge in [0.05, 0.1) is 11.6 Å². The Hall–Kier alpha value is -2.24. The summed E-state index contributed by atoms with van der Waals surface area (Å²) >= 11 is 6.62. The summed E-state index contributed by atoms with van der Waals surface area (Å²) < 4.78 is 12.1. The zero-order valence-corrected chi connectivity index (χ0v) is 20.3. The molecule has 1 amide bonds. The fraction of sp³-hybridized carbons (Fsp3) is 0.519. The highest BCUT2D eigenvalue weighted by atomic mass is 35.5. The van der Waals surface area contributed by atoms with Crippen molar-refractivity contribution in [2.24, 2.45) is 0 Å². The van der Waals surface area contributed by atoms with Gasteiger partial charge < -0.3 is 19.3 Å². The van der Waals surface area contributed by atoms with Gasteiger partial charge in [-0.05, 0) is 87.5 Å². The van der Waals surface area contributed by atoms with Crippen LogP contribution in [0.4, 0.5) is 5.69 Å². The van der Waals surface area contributed by atoms with Gasteiger partial charge in [0, 0.05) is 29.9 Å². The van der Waals surface area contributed by atoms with Crippen LogP contribution < -0.4 is 14.4 Å². The van der Waals surface area contributed by atoms with Crippen molar-refractivity contribution in [3.05, 3.63) is 52.5 Å². The van der Waals surface area contributed by atoms with Crippen molar-refractivity contribution >= 4 is 23.2 Å². The average Bonchev–Trinajstić information content (AvgIpc) is 3.01. The van der Waals surface area contributed by atoms with Crippen LogP contribution in [0, 0.1) is 0 Å². The number of rotatable bonds is 7. The lowest BCUT2D eigenvalue weighted by atomic mass is 9.98. The monoisotopic (exact) mass is 468 g/mol. The molecule has 3 heterocycles. The first-order chi connectivity index (χ1) is 16.0. The summed E-state index contributed by atoms with van der Waals surface area (Å²) in [7, 11) is 2.23. The predicted molar refractivity (Wildman–Crippen MR) is 132 cm³/mol. The van der Waals surface area contributed by atoms with Crippen molar-refractivity contribution in [2.75, 3.05) is 25.1 Å². The standard InChI is InChI=1S/C27H33ClN2O3/c1-3-4-13-32-22-8-9-24-18(14-22)11-12-30(27(24)31)21-7-10-26(25(28)17-21)33-23-15-19-5-6-20(16-23)29(19)2/h7-10,14,17,19-20,23H,3-6,11-13,15-16H2,1-2H3/t19-,20+,23-. The minimum atomic E-state index is 0.00739. The van der Waals surface area contributed by atoms with Crippen LogP contribution in [0.15, 0.2) is 36.4 Å². The maximum absolute atomic E-state index is 13.2. The molecule has 2 fully saturated rings. The highest BCUT2D eigenvalue weighted by molar-refractivity contribution is 6.32. The fourth-order valence-electron chi connectivity index (χ4n) is 5.53. The molecule has 0 unspecified atom stereocenters. The van der Waals surface area contributed by atoms with Gasteiger partial charge in [-0.1, -0.05) is 24.9 Å². The number of carbonyl (C=O) groups is 1. The number of nitrogens with zero attached hydrogens (tertiary/aromatic N) is 2. The number of carbonyl (C=O) groups excluding carboxylic acids is 1. The van der Waals surface area contributed by atoms with E-state index in [4.69, 9.17) is 21.1 Å². The third kappa shape index (κ3) is 4.58. The lowest BCUT2D eigenvalue weighted by Crippen LogP contribution is -2.43. The van der Waals surface area contributed by atoms with Crippen LogP contribution in [-0.4, -0.2) is 49.2 Å². The minimum Gasteiger partial charge on any atom is -0.494 e. The van der Waals surface area contributed by atoms with E-state index >= 15 is 0 Å². The number of piperidine rings is 1. The lowest BCUT2D eigenvalue weighted by Gasteiger charge is -2.36. The molecule has 176 valence electrons. The van der Waals surface area contributed by atoms with Crippen LogP contribution in [0.25, 0.3) is 0 Å². The number of halogens is 1. The first kappa shape index (κ1) is 22.5. The molecule has 33 heavy (non-hydrogen) atoms. The van der Waals surface area contributed by atoms with Crippen LogP contribution in [0.1, 0.15) is 61.4 Å². The van der Waals surface area contributed by atoms with E-state index in [2.05, 4.69) is 18.9 Å². The molecule has 5 rings (SSSR count). The van der Waals surface area contributed by atoms with Gasteiger partial charge in [-0.3, -0.25) is 4.79 Å². The molecule has 2 aromatic rings. The first-order valence-corrected chi connectivity index (χ1v) is 12.7. The van der Waals surface area contributed by atoms with E-state index in [-0.39, 0.29) is 12.0 Å². The molecular formula is C27H33ClN2O3. The van der Waals surface area contributed by atoms with E-state index in [0.29, 0.717) is 36.0 Å². The number of ether oxygens (including phenoxy) is 2. The highest BCUT2D eigenvalue weighted by Gasteiger charge is 2.39. The van der Waals surface area contributed by atoms with Crippen LogP contribution in [0.5, 0.6) is 11.5 Å². The summed E-state index contributed by atoms with van der Waals surface area (Å²) in [5.74, 6) is 1.57. The Kier molecular flexibility index (Phi) is 6.53. The number of anilines is 1. The van der Waals surface area contributed by atoms with Crippen molar-refractivity contribution in [3.8, 4) is 11.5 Å². The number of unbranched alkanes of at least 4 members (excludes halogenated alkanes) is 1. The summed E-state index contributed by atoms with van der Waals surface area (Å²) in [5, 5.41) is 0.567. The molecule has 5 nitrogen and oxygen atoms in total. The summed E-state index contributed by atoms with van der Waals surface area (Å²) in [6.45, 7) is 3.48. The normalized spacial score (nSPS) is 24.6. The molecule has 6 heteroatoms. The Morgan fingerprint density at radius 1 is 1.09 bits per heavy atom. The Bertz CT molecular complexity index is 1010. The highest BCUT2D eigenvalue weighted by Crippen LogP contribution is 2.38. The van der Waals surface area contributed by atoms with Gasteiger partial charge in [0.2, 0.25) is 0 Å². The zero-order chi connectivity index (χ0) is 22.9. The van der Waals surface area contributed by atoms with Crippen molar-refractivity contribution in [1.29, 1.82) is 0 Å². The van der Waals surface area contributed by atoms with Crippen molar-refractivity contribution < 1.29 is 14.3 Å². The molecule has 0 spiro atoms. The number of benzene rings is 2. The van der Waals surface area contributed by atoms with Crippen molar-refractivity contribution in [1.82, 2.24) is 4.90 Å². The van der Waals surface area contributed by atoms with Crippen LogP contribution in [-0.2, 0) is 6.42 Å². The van der Waals surface area contributed by atoms with Crippen molar-refractivity contribution in [2.45, 2.75) is 70.1 Å². The predicted octanol–water partition coefficient (Wildman–Crippen LogP) is 5.73. The molecule has 2 bridgehead atoms. The fourth-order valence-corrected chi connectivity index (χ4v) is 5.75. The van der Waals surface area contributed by atoms with E-state index in [9.17, 15) is 4.79 Å². The van der Waals surface area contributed by atoms with E-state index < -0.39 is 0 Å². The molecular weight excluding hydrogens is 436 g/mol. The topological polar surface area (TPSA) is 42.0 Å². The summed E-state index contributed by atoms with van der Waals surface area (Å²) in [5.41, 5.74) is 2.60. The summed E-state index contributed by atoms with van der Waals surface area (Å²) in [4.78, 5) is 17.5. The van der Waals surface area contributed by atoms with Gasteiger partial charge in [-0.15, -0.1) is 0 Å². The lowest BCUT2D eigenvalue weighted by molar-refractivity contribution is 0.0662. The molecule has 3 aliphatic rings. The Labute approximate surface area is 201 Å². The number of fused-ring (bicyclic) bond motifs is 3. The maximum Gasteiger partial charge on any atom is 0.258 e. The Balaban J connectivity index is 1.26. The molecule has 0 saturated carbocycles. The Morgan fingerprint density at radius 2 is 1.88 bits per heavy atom. The van der Waals surface area contributed by atoms with Crippen LogP contribution >= 0.6 is 11.6 Å². The third-order valence-corrected chi connectivity index (χ3v) is 7.79.